The van der Waals surface area contributed by atoms with Crippen LogP contribution in [-0.2, 0) is 24.2 Å². The van der Waals surface area contributed by atoms with Crippen LogP contribution in [0.4, 0.5) is 0 Å². The molecule has 2 aromatic heterocycles. The van der Waals surface area contributed by atoms with E-state index in [-0.39, 0.29) is 6.10 Å². The summed E-state index contributed by atoms with van der Waals surface area (Å²) in [6, 6.07) is 0. The Labute approximate surface area is 105 Å². The van der Waals surface area contributed by atoms with Crippen LogP contribution in [0, 0.1) is 0 Å². The van der Waals surface area contributed by atoms with Gasteiger partial charge in [0.1, 0.15) is 6.61 Å². The minimum absolute atomic E-state index is 0.0632. The van der Waals surface area contributed by atoms with E-state index in [9.17, 15) is 0 Å². The van der Waals surface area contributed by atoms with Crippen LogP contribution in [0.3, 0.4) is 0 Å². The normalized spacial score (nSPS) is 18.8. The van der Waals surface area contributed by atoms with Crippen LogP contribution in [0.2, 0.25) is 0 Å². The van der Waals surface area contributed by atoms with Crippen LogP contribution >= 0.6 is 0 Å². The van der Waals surface area contributed by atoms with E-state index >= 15 is 0 Å². The minimum Gasteiger partial charge on any atom is -0.423 e. The van der Waals surface area contributed by atoms with Crippen LogP contribution < -0.4 is 0 Å². The number of hydrogen-bond acceptors (Lipinski definition) is 5. The van der Waals surface area contributed by atoms with Crippen LogP contribution in [0.5, 0.6) is 0 Å². The summed E-state index contributed by atoms with van der Waals surface area (Å²) >= 11 is 0. The molecule has 1 unspecified atom stereocenters. The monoisotopic (exact) mass is 248 g/mol. The van der Waals surface area contributed by atoms with Gasteiger partial charge in [-0.25, -0.2) is 0 Å². The second-order valence-corrected chi connectivity index (χ2v) is 4.44. The SMILES string of the molecule is CCc1nnc(COC2CCCc3cn[nH]c32)o1. The van der Waals surface area contributed by atoms with E-state index in [1.165, 1.54) is 5.56 Å². The Hall–Kier alpha value is -1.69. The molecule has 0 bridgehead atoms. The molecule has 1 aliphatic carbocycles. The first-order valence-corrected chi connectivity index (χ1v) is 6.32. The van der Waals surface area contributed by atoms with Gasteiger partial charge in [0.05, 0.1) is 18.0 Å². The molecule has 3 rings (SSSR count). The van der Waals surface area contributed by atoms with Gasteiger partial charge in [0, 0.05) is 6.42 Å². The summed E-state index contributed by atoms with van der Waals surface area (Å²) < 4.78 is 11.3. The summed E-state index contributed by atoms with van der Waals surface area (Å²) in [5.74, 6) is 1.19. The molecule has 2 heterocycles. The molecule has 0 spiro atoms. The maximum Gasteiger partial charge on any atom is 0.242 e. The third-order valence-electron chi connectivity index (χ3n) is 3.20. The minimum atomic E-state index is 0.0632. The number of rotatable bonds is 4. The van der Waals surface area contributed by atoms with Crippen LogP contribution in [0.1, 0.15) is 48.9 Å². The standard InChI is InChI=1S/C12H16N4O2/c1-2-10-14-15-11(18-10)7-17-9-5-3-4-8-6-13-16-12(8)9/h6,9H,2-5,7H2,1H3,(H,13,16). The molecule has 0 saturated carbocycles. The molecular weight excluding hydrogens is 232 g/mol. The van der Waals surface area contributed by atoms with Gasteiger partial charge >= 0.3 is 0 Å². The maximum atomic E-state index is 5.84. The third-order valence-corrected chi connectivity index (χ3v) is 3.20. The molecule has 0 radical (unpaired) electrons. The predicted molar refractivity (Wildman–Crippen MR) is 62.7 cm³/mol. The van der Waals surface area contributed by atoms with E-state index in [1.54, 1.807) is 0 Å². The van der Waals surface area contributed by atoms with Gasteiger partial charge in [0.2, 0.25) is 11.8 Å². The van der Waals surface area contributed by atoms with Crippen molar-refractivity contribution in [3.8, 4) is 0 Å². The van der Waals surface area contributed by atoms with Gasteiger partial charge in [0.15, 0.2) is 0 Å². The van der Waals surface area contributed by atoms with E-state index in [0.29, 0.717) is 18.4 Å². The van der Waals surface area contributed by atoms with Gasteiger partial charge in [-0.2, -0.15) is 5.10 Å². The predicted octanol–water partition coefficient (Wildman–Crippen LogP) is 1.95. The zero-order chi connectivity index (χ0) is 12.4. The molecule has 1 N–H and O–H groups in total. The highest BCUT2D eigenvalue weighted by Gasteiger charge is 2.23. The zero-order valence-electron chi connectivity index (χ0n) is 10.3. The maximum absolute atomic E-state index is 5.84. The molecule has 0 aliphatic heterocycles. The highest BCUT2D eigenvalue weighted by Crippen LogP contribution is 2.31. The van der Waals surface area contributed by atoms with Gasteiger partial charge < -0.3 is 9.15 Å². The number of nitrogens with one attached hydrogen (secondary N) is 1. The van der Waals surface area contributed by atoms with Crippen LogP contribution in [0.15, 0.2) is 10.6 Å². The lowest BCUT2D eigenvalue weighted by Crippen LogP contribution is -2.12. The molecule has 0 amide bonds. The van der Waals surface area contributed by atoms with Crippen molar-refractivity contribution in [1.82, 2.24) is 20.4 Å². The lowest BCUT2D eigenvalue weighted by molar-refractivity contribution is 0.0139. The lowest BCUT2D eigenvalue weighted by Gasteiger charge is -2.21. The van der Waals surface area contributed by atoms with Gasteiger partial charge in [0.25, 0.3) is 0 Å². The van der Waals surface area contributed by atoms with Gasteiger partial charge in [-0.3, -0.25) is 5.10 Å². The van der Waals surface area contributed by atoms with Gasteiger partial charge in [-0.15, -0.1) is 10.2 Å². The van der Waals surface area contributed by atoms with Crippen molar-refractivity contribution in [2.75, 3.05) is 0 Å². The average Bonchev–Trinajstić information content (AvgIpc) is 3.05. The average molecular weight is 248 g/mol. The summed E-state index contributed by atoms with van der Waals surface area (Å²) in [7, 11) is 0. The fraction of sp³-hybridized carbons (Fsp3) is 0.583. The quantitative estimate of drug-likeness (QED) is 0.894. The summed E-state index contributed by atoms with van der Waals surface area (Å²) in [5.41, 5.74) is 2.35. The Morgan fingerprint density at radius 1 is 1.44 bits per heavy atom. The summed E-state index contributed by atoms with van der Waals surface area (Å²) in [6.07, 6.45) is 5.90. The molecule has 6 heteroatoms. The van der Waals surface area contributed by atoms with Gasteiger partial charge in [-0.05, 0) is 24.8 Å². The Morgan fingerprint density at radius 3 is 3.17 bits per heavy atom. The molecule has 18 heavy (non-hydrogen) atoms. The fourth-order valence-electron chi connectivity index (χ4n) is 2.25. The first kappa shape index (κ1) is 11.4. The van der Waals surface area contributed by atoms with E-state index in [4.69, 9.17) is 9.15 Å². The van der Waals surface area contributed by atoms with Crippen molar-refractivity contribution in [2.45, 2.75) is 45.3 Å². The number of H-pyrrole nitrogens is 1. The molecule has 0 saturated heterocycles. The van der Waals surface area contributed by atoms with Crippen LogP contribution in [-0.4, -0.2) is 20.4 Å². The number of aromatic nitrogens is 4. The number of aromatic amines is 1. The number of ether oxygens (including phenoxy) is 1. The van der Waals surface area contributed by atoms with Crippen molar-refractivity contribution in [3.05, 3.63) is 29.2 Å². The van der Waals surface area contributed by atoms with Gasteiger partial charge in [-0.1, -0.05) is 6.92 Å². The molecule has 1 aliphatic rings. The highest BCUT2D eigenvalue weighted by molar-refractivity contribution is 5.21. The largest absolute Gasteiger partial charge is 0.423 e. The zero-order valence-corrected chi connectivity index (χ0v) is 10.3. The summed E-state index contributed by atoms with van der Waals surface area (Å²) in [4.78, 5) is 0. The first-order valence-electron chi connectivity index (χ1n) is 6.32. The van der Waals surface area contributed by atoms with Crippen LogP contribution in [0.25, 0.3) is 0 Å². The lowest BCUT2D eigenvalue weighted by atomic mass is 9.96. The Bertz CT molecular complexity index is 520. The van der Waals surface area contributed by atoms with E-state index < -0.39 is 0 Å². The Morgan fingerprint density at radius 2 is 2.33 bits per heavy atom. The fourth-order valence-corrected chi connectivity index (χ4v) is 2.25. The Kier molecular flexibility index (Phi) is 3.10. The third kappa shape index (κ3) is 2.15. The number of hydrogen-bond donors (Lipinski definition) is 1. The molecule has 0 aromatic carbocycles. The van der Waals surface area contributed by atoms with Crippen molar-refractivity contribution in [3.63, 3.8) is 0 Å². The molecule has 0 fully saturated rings. The summed E-state index contributed by atoms with van der Waals surface area (Å²) in [5, 5.41) is 15.0. The smallest absolute Gasteiger partial charge is 0.242 e. The van der Waals surface area contributed by atoms with E-state index in [2.05, 4.69) is 20.4 Å². The molecule has 2 aromatic rings. The van der Waals surface area contributed by atoms with Crippen molar-refractivity contribution in [2.24, 2.45) is 0 Å². The number of nitrogens with zero attached hydrogens (tertiary/aromatic N) is 3. The number of aryl methyl sites for hydroxylation is 2. The highest BCUT2D eigenvalue weighted by atomic mass is 16.5. The molecule has 1 atom stereocenters. The van der Waals surface area contributed by atoms with Crippen molar-refractivity contribution >= 4 is 0 Å². The Balaban J connectivity index is 1.64. The topological polar surface area (TPSA) is 76.8 Å². The van der Waals surface area contributed by atoms with Crippen molar-refractivity contribution < 1.29 is 9.15 Å². The molecule has 96 valence electrons. The molecular formula is C12H16N4O2. The summed E-state index contributed by atoms with van der Waals surface area (Å²) in [6.45, 7) is 2.34. The molecule has 6 nitrogen and oxygen atoms in total. The van der Waals surface area contributed by atoms with E-state index in [0.717, 1.165) is 31.4 Å². The van der Waals surface area contributed by atoms with E-state index in [1.807, 2.05) is 13.1 Å². The first-order chi connectivity index (χ1) is 8.86. The number of fused-ring (bicyclic) bond motifs is 1. The second-order valence-electron chi connectivity index (χ2n) is 4.44. The van der Waals surface area contributed by atoms with Crippen molar-refractivity contribution in [1.29, 1.82) is 0 Å². The second kappa shape index (κ2) is 4.89.